The first-order chi connectivity index (χ1) is 11.6. The second kappa shape index (κ2) is 9.24. The maximum absolute atomic E-state index is 11.5. The number of esters is 1. The number of rotatable bonds is 9. The third-order valence-corrected chi connectivity index (χ3v) is 4.02. The number of likely N-dealkylation sites (N-methyl/N-ethyl adjacent to an activating group) is 1. The molecule has 0 aliphatic heterocycles. The van der Waals surface area contributed by atoms with Crippen LogP contribution in [0.2, 0.25) is 0 Å². The van der Waals surface area contributed by atoms with Crippen LogP contribution < -0.4 is 4.74 Å². The SMILES string of the molecule is COC(=O)c1cccc(OCCSc2nnnn2CCN(C)C)c1. The van der Waals surface area contributed by atoms with Gasteiger partial charge in [-0.1, -0.05) is 17.8 Å². The van der Waals surface area contributed by atoms with Gasteiger partial charge in [0.2, 0.25) is 5.16 Å². The Kier molecular flexibility index (Phi) is 7.01. The van der Waals surface area contributed by atoms with E-state index in [0.717, 1.165) is 18.2 Å². The molecular formula is C15H21N5O3S. The first kappa shape index (κ1) is 18.2. The Morgan fingerprint density at radius 2 is 2.21 bits per heavy atom. The summed E-state index contributed by atoms with van der Waals surface area (Å²) in [6.45, 7) is 2.09. The van der Waals surface area contributed by atoms with Crippen molar-refractivity contribution in [2.75, 3.05) is 40.1 Å². The molecule has 0 fully saturated rings. The average molecular weight is 351 g/mol. The summed E-state index contributed by atoms with van der Waals surface area (Å²) < 4.78 is 12.1. The third-order valence-electron chi connectivity index (χ3n) is 3.10. The molecule has 8 nitrogen and oxygen atoms in total. The lowest BCUT2D eigenvalue weighted by atomic mass is 10.2. The highest BCUT2D eigenvalue weighted by Gasteiger charge is 2.08. The number of thioether (sulfide) groups is 1. The third kappa shape index (κ3) is 5.50. The van der Waals surface area contributed by atoms with E-state index in [4.69, 9.17) is 9.47 Å². The van der Waals surface area contributed by atoms with Crippen LogP contribution in [0.5, 0.6) is 5.75 Å². The van der Waals surface area contributed by atoms with Crippen molar-refractivity contribution in [3.8, 4) is 5.75 Å². The molecule has 0 unspecified atom stereocenters. The van der Waals surface area contributed by atoms with Crippen LogP contribution in [0.15, 0.2) is 29.4 Å². The van der Waals surface area contributed by atoms with E-state index < -0.39 is 0 Å². The van der Waals surface area contributed by atoms with Gasteiger partial charge in [-0.05, 0) is 42.7 Å². The molecule has 1 aromatic heterocycles. The van der Waals surface area contributed by atoms with Gasteiger partial charge < -0.3 is 14.4 Å². The zero-order valence-electron chi connectivity index (χ0n) is 14.0. The normalized spacial score (nSPS) is 10.8. The maximum Gasteiger partial charge on any atom is 0.337 e. The molecule has 130 valence electrons. The van der Waals surface area contributed by atoms with Gasteiger partial charge >= 0.3 is 5.97 Å². The molecule has 0 amide bonds. The van der Waals surface area contributed by atoms with Gasteiger partial charge in [-0.2, -0.15) is 0 Å². The van der Waals surface area contributed by atoms with Crippen molar-refractivity contribution >= 4 is 17.7 Å². The summed E-state index contributed by atoms with van der Waals surface area (Å²) >= 11 is 1.53. The minimum absolute atomic E-state index is 0.380. The second-order valence-electron chi connectivity index (χ2n) is 5.20. The van der Waals surface area contributed by atoms with Crippen LogP contribution >= 0.6 is 11.8 Å². The van der Waals surface area contributed by atoms with Gasteiger partial charge in [0.25, 0.3) is 0 Å². The number of hydrogen-bond acceptors (Lipinski definition) is 8. The molecule has 9 heteroatoms. The van der Waals surface area contributed by atoms with Crippen LogP contribution in [0, 0.1) is 0 Å². The molecule has 0 aliphatic rings. The van der Waals surface area contributed by atoms with E-state index in [1.54, 1.807) is 28.9 Å². The first-order valence-electron chi connectivity index (χ1n) is 7.45. The highest BCUT2D eigenvalue weighted by atomic mass is 32.2. The van der Waals surface area contributed by atoms with Crippen molar-refractivity contribution < 1.29 is 14.3 Å². The average Bonchev–Trinajstić information content (AvgIpc) is 3.04. The van der Waals surface area contributed by atoms with Crippen LogP contribution in [-0.2, 0) is 11.3 Å². The molecule has 2 rings (SSSR count). The molecule has 0 N–H and O–H groups in total. The smallest absolute Gasteiger partial charge is 0.337 e. The predicted molar refractivity (Wildman–Crippen MR) is 90.4 cm³/mol. The number of benzene rings is 1. The Bertz CT molecular complexity index is 662. The number of ether oxygens (including phenoxy) is 2. The molecule has 0 radical (unpaired) electrons. The van der Waals surface area contributed by atoms with Gasteiger partial charge in [0.05, 0.1) is 25.8 Å². The lowest BCUT2D eigenvalue weighted by molar-refractivity contribution is 0.0600. The number of methoxy groups -OCH3 is 1. The van der Waals surface area contributed by atoms with Gasteiger partial charge in [-0.3, -0.25) is 0 Å². The summed E-state index contributed by atoms with van der Waals surface area (Å²) in [5.41, 5.74) is 0.468. The van der Waals surface area contributed by atoms with Crippen LogP contribution in [0.1, 0.15) is 10.4 Å². The van der Waals surface area contributed by atoms with Crippen molar-refractivity contribution in [1.29, 1.82) is 0 Å². The standard InChI is InChI=1S/C15H21N5O3S/c1-19(2)7-8-20-15(16-17-18-20)24-10-9-23-13-6-4-5-12(11-13)14(21)22-3/h4-6,11H,7-10H2,1-3H3. The van der Waals surface area contributed by atoms with Crippen molar-refractivity contribution in [1.82, 2.24) is 25.1 Å². The van der Waals surface area contributed by atoms with Gasteiger partial charge in [-0.25, -0.2) is 9.48 Å². The fourth-order valence-corrected chi connectivity index (χ4v) is 2.58. The summed E-state index contributed by atoms with van der Waals surface area (Å²) in [4.78, 5) is 13.6. The van der Waals surface area contributed by atoms with Gasteiger partial charge in [0.15, 0.2) is 0 Å². The zero-order valence-corrected chi connectivity index (χ0v) is 14.8. The Morgan fingerprint density at radius 1 is 1.38 bits per heavy atom. The van der Waals surface area contributed by atoms with Crippen molar-refractivity contribution in [3.63, 3.8) is 0 Å². The molecule has 0 saturated heterocycles. The predicted octanol–water partition coefficient (Wildman–Crippen LogP) is 1.19. The molecule has 0 spiro atoms. The Labute approximate surface area is 145 Å². The van der Waals surface area contributed by atoms with E-state index in [1.807, 2.05) is 14.1 Å². The van der Waals surface area contributed by atoms with Crippen molar-refractivity contribution in [2.24, 2.45) is 0 Å². The number of tetrazole rings is 1. The van der Waals surface area contributed by atoms with E-state index >= 15 is 0 Å². The number of hydrogen-bond donors (Lipinski definition) is 0. The topological polar surface area (TPSA) is 82.4 Å². The minimum atomic E-state index is -0.380. The number of nitrogens with zero attached hydrogens (tertiary/aromatic N) is 5. The number of aromatic nitrogens is 4. The van der Waals surface area contributed by atoms with Gasteiger partial charge in [0, 0.05) is 12.3 Å². The minimum Gasteiger partial charge on any atom is -0.493 e. The largest absolute Gasteiger partial charge is 0.493 e. The summed E-state index contributed by atoms with van der Waals surface area (Å²) in [5, 5.41) is 12.5. The molecule has 1 heterocycles. The molecule has 0 saturated carbocycles. The van der Waals surface area contributed by atoms with Crippen LogP contribution in [0.3, 0.4) is 0 Å². The molecule has 0 aliphatic carbocycles. The fraction of sp³-hybridized carbons (Fsp3) is 0.467. The maximum atomic E-state index is 11.5. The van der Waals surface area contributed by atoms with Gasteiger partial charge in [-0.15, -0.1) is 5.10 Å². The quantitative estimate of drug-likeness (QED) is 0.379. The number of carbonyl (C=O) groups is 1. The Hall–Kier alpha value is -2.13. The summed E-state index contributed by atoms with van der Waals surface area (Å²) in [5.74, 6) is 0.950. The summed E-state index contributed by atoms with van der Waals surface area (Å²) in [7, 11) is 5.37. The molecule has 1 aromatic carbocycles. The van der Waals surface area contributed by atoms with E-state index in [-0.39, 0.29) is 5.97 Å². The van der Waals surface area contributed by atoms with Crippen LogP contribution in [0.4, 0.5) is 0 Å². The molecular weight excluding hydrogens is 330 g/mol. The van der Waals surface area contributed by atoms with E-state index in [9.17, 15) is 4.79 Å². The molecule has 0 bridgehead atoms. The Morgan fingerprint density at radius 3 is 2.96 bits per heavy atom. The monoisotopic (exact) mass is 351 g/mol. The van der Waals surface area contributed by atoms with E-state index in [0.29, 0.717) is 23.7 Å². The lowest BCUT2D eigenvalue weighted by Crippen LogP contribution is -2.19. The molecule has 2 aromatic rings. The number of carbonyl (C=O) groups excluding carboxylic acids is 1. The first-order valence-corrected chi connectivity index (χ1v) is 8.43. The van der Waals surface area contributed by atoms with E-state index in [1.165, 1.54) is 18.9 Å². The van der Waals surface area contributed by atoms with Gasteiger partial charge in [0.1, 0.15) is 5.75 Å². The highest BCUT2D eigenvalue weighted by Crippen LogP contribution is 2.17. The Balaban J connectivity index is 1.79. The summed E-state index contributed by atoms with van der Waals surface area (Å²) in [6.07, 6.45) is 0. The molecule has 0 atom stereocenters. The van der Waals surface area contributed by atoms with E-state index in [2.05, 4.69) is 20.4 Å². The second-order valence-corrected chi connectivity index (χ2v) is 6.27. The van der Waals surface area contributed by atoms with Crippen molar-refractivity contribution in [3.05, 3.63) is 29.8 Å². The van der Waals surface area contributed by atoms with Crippen LogP contribution in [0.25, 0.3) is 0 Å². The molecule has 24 heavy (non-hydrogen) atoms. The fourth-order valence-electron chi connectivity index (χ4n) is 1.86. The highest BCUT2D eigenvalue weighted by molar-refractivity contribution is 7.99. The lowest BCUT2D eigenvalue weighted by Gasteiger charge is -2.10. The van der Waals surface area contributed by atoms with Crippen LogP contribution in [-0.4, -0.2) is 71.2 Å². The summed E-state index contributed by atoms with van der Waals surface area (Å²) in [6, 6.07) is 6.92. The zero-order chi connectivity index (χ0) is 17.4. The van der Waals surface area contributed by atoms with Crippen molar-refractivity contribution in [2.45, 2.75) is 11.7 Å².